The Labute approximate surface area is 67.9 Å². The van der Waals surface area contributed by atoms with Gasteiger partial charge < -0.3 is 0 Å². The number of aryl methyl sites for hydroxylation is 1. The highest BCUT2D eigenvalue weighted by Crippen LogP contribution is 1.97. The summed E-state index contributed by atoms with van der Waals surface area (Å²) in [6.07, 6.45) is 8.88. The maximum Gasteiger partial charge on any atom is 0.187 e. The van der Waals surface area contributed by atoms with E-state index in [9.17, 15) is 0 Å². The summed E-state index contributed by atoms with van der Waals surface area (Å²) in [5, 5.41) is 0. The molecular formula is C9H15N2+. The number of hydrogen-bond acceptors (Lipinski definition) is 1. The smallest absolute Gasteiger partial charge is 0.187 e. The molecule has 0 aromatic carbocycles. The first-order chi connectivity index (χ1) is 5.29. The third-order valence-electron chi connectivity index (χ3n) is 1.65. The molecule has 0 saturated heterocycles. The van der Waals surface area contributed by atoms with Crippen molar-refractivity contribution in [3.63, 3.8) is 0 Å². The SMILES string of the molecule is CC(C)CC[n+]1ccncc1. The van der Waals surface area contributed by atoms with Crippen LogP contribution in [0.15, 0.2) is 24.8 Å². The number of nitrogens with zero attached hydrogens (tertiary/aromatic N) is 2. The van der Waals surface area contributed by atoms with Crippen molar-refractivity contribution in [3.8, 4) is 0 Å². The van der Waals surface area contributed by atoms with Gasteiger partial charge in [0.2, 0.25) is 0 Å². The summed E-state index contributed by atoms with van der Waals surface area (Å²) in [7, 11) is 0. The van der Waals surface area contributed by atoms with E-state index in [-0.39, 0.29) is 0 Å². The van der Waals surface area contributed by atoms with Gasteiger partial charge in [-0.3, -0.25) is 4.98 Å². The van der Waals surface area contributed by atoms with Gasteiger partial charge in [0, 0.05) is 6.42 Å². The minimum Gasteiger partial charge on any atom is -0.252 e. The Morgan fingerprint density at radius 2 is 1.91 bits per heavy atom. The predicted octanol–water partition coefficient (Wildman–Crippen LogP) is 1.42. The van der Waals surface area contributed by atoms with Crippen LogP contribution >= 0.6 is 0 Å². The molecule has 0 N–H and O–H groups in total. The zero-order chi connectivity index (χ0) is 8.10. The van der Waals surface area contributed by atoms with Crippen molar-refractivity contribution in [3.05, 3.63) is 24.8 Å². The van der Waals surface area contributed by atoms with Gasteiger partial charge >= 0.3 is 0 Å². The van der Waals surface area contributed by atoms with E-state index in [0.717, 1.165) is 12.5 Å². The first-order valence-electron chi connectivity index (χ1n) is 4.08. The molecule has 0 aliphatic carbocycles. The van der Waals surface area contributed by atoms with Crippen molar-refractivity contribution in [2.75, 3.05) is 0 Å². The van der Waals surface area contributed by atoms with Crippen LogP contribution in [0.25, 0.3) is 0 Å². The molecule has 60 valence electrons. The standard InChI is InChI=1S/C9H15N2/c1-9(2)3-6-11-7-4-10-5-8-11/h4-5,7-9H,3,6H2,1-2H3/q+1. The highest BCUT2D eigenvalue weighted by Gasteiger charge is 1.99. The molecule has 0 amide bonds. The third kappa shape index (κ3) is 3.12. The zero-order valence-corrected chi connectivity index (χ0v) is 7.20. The summed E-state index contributed by atoms with van der Waals surface area (Å²) in [5.41, 5.74) is 0. The van der Waals surface area contributed by atoms with Gasteiger partial charge in [0.1, 0.15) is 6.54 Å². The molecule has 0 fully saturated rings. The average Bonchev–Trinajstić information content (AvgIpc) is 2.03. The summed E-state index contributed by atoms with van der Waals surface area (Å²) < 4.78 is 2.16. The molecule has 0 atom stereocenters. The van der Waals surface area contributed by atoms with Gasteiger partial charge in [-0.15, -0.1) is 0 Å². The summed E-state index contributed by atoms with van der Waals surface area (Å²) in [4.78, 5) is 3.95. The highest BCUT2D eigenvalue weighted by atomic mass is 14.9. The van der Waals surface area contributed by atoms with Crippen LogP contribution in [-0.2, 0) is 6.54 Å². The van der Waals surface area contributed by atoms with Crippen molar-refractivity contribution >= 4 is 0 Å². The van der Waals surface area contributed by atoms with E-state index in [2.05, 4.69) is 23.4 Å². The highest BCUT2D eigenvalue weighted by molar-refractivity contribution is 4.62. The van der Waals surface area contributed by atoms with Gasteiger partial charge in [0.05, 0.1) is 12.4 Å². The molecule has 0 aliphatic heterocycles. The maximum absolute atomic E-state index is 3.95. The molecule has 0 unspecified atom stereocenters. The van der Waals surface area contributed by atoms with Crippen LogP contribution in [0, 0.1) is 5.92 Å². The lowest BCUT2D eigenvalue weighted by atomic mass is 10.1. The fraction of sp³-hybridized carbons (Fsp3) is 0.556. The number of hydrogen-bond donors (Lipinski definition) is 0. The van der Waals surface area contributed by atoms with Crippen molar-refractivity contribution in [2.24, 2.45) is 5.92 Å². The van der Waals surface area contributed by atoms with Gasteiger partial charge in [-0.1, -0.05) is 13.8 Å². The average molecular weight is 151 g/mol. The molecule has 11 heavy (non-hydrogen) atoms. The Morgan fingerprint density at radius 1 is 1.27 bits per heavy atom. The molecule has 2 heteroatoms. The molecule has 0 bridgehead atoms. The fourth-order valence-corrected chi connectivity index (χ4v) is 0.904. The number of rotatable bonds is 3. The predicted molar refractivity (Wildman–Crippen MR) is 43.9 cm³/mol. The number of aromatic nitrogens is 2. The van der Waals surface area contributed by atoms with E-state index in [1.165, 1.54) is 6.42 Å². The van der Waals surface area contributed by atoms with E-state index in [0.29, 0.717) is 0 Å². The first-order valence-corrected chi connectivity index (χ1v) is 4.08. The van der Waals surface area contributed by atoms with Crippen LogP contribution < -0.4 is 4.57 Å². The quantitative estimate of drug-likeness (QED) is 0.597. The molecule has 0 aliphatic rings. The Balaban J connectivity index is 2.39. The second kappa shape index (κ2) is 4.06. The van der Waals surface area contributed by atoms with E-state index in [1.54, 1.807) is 0 Å². The van der Waals surface area contributed by atoms with E-state index < -0.39 is 0 Å². The fourth-order valence-electron chi connectivity index (χ4n) is 0.904. The van der Waals surface area contributed by atoms with Crippen molar-refractivity contribution in [1.82, 2.24) is 4.98 Å². The molecule has 0 saturated carbocycles. The summed E-state index contributed by atoms with van der Waals surface area (Å²) in [6, 6.07) is 0. The zero-order valence-electron chi connectivity index (χ0n) is 7.20. The molecule has 2 nitrogen and oxygen atoms in total. The van der Waals surface area contributed by atoms with E-state index in [4.69, 9.17) is 0 Å². The van der Waals surface area contributed by atoms with Gasteiger partial charge in [0.15, 0.2) is 12.4 Å². The molecule has 0 radical (unpaired) electrons. The van der Waals surface area contributed by atoms with Crippen LogP contribution in [0.5, 0.6) is 0 Å². The van der Waals surface area contributed by atoms with Gasteiger partial charge in [-0.05, 0) is 5.92 Å². The minimum absolute atomic E-state index is 0.774. The van der Waals surface area contributed by atoms with Crippen molar-refractivity contribution in [1.29, 1.82) is 0 Å². The largest absolute Gasteiger partial charge is 0.252 e. The monoisotopic (exact) mass is 151 g/mol. The summed E-state index contributed by atoms with van der Waals surface area (Å²) >= 11 is 0. The van der Waals surface area contributed by atoms with Gasteiger partial charge in [-0.25, -0.2) is 4.57 Å². The van der Waals surface area contributed by atoms with Crippen LogP contribution in [0.1, 0.15) is 20.3 Å². The molecular weight excluding hydrogens is 136 g/mol. The minimum atomic E-state index is 0.774. The Morgan fingerprint density at radius 3 is 2.45 bits per heavy atom. The summed E-state index contributed by atoms with van der Waals surface area (Å²) in [6.45, 7) is 5.57. The lowest BCUT2D eigenvalue weighted by Gasteiger charge is -1.99. The van der Waals surface area contributed by atoms with E-state index >= 15 is 0 Å². The van der Waals surface area contributed by atoms with Crippen LogP contribution in [0.2, 0.25) is 0 Å². The normalized spacial score (nSPS) is 10.5. The van der Waals surface area contributed by atoms with Crippen molar-refractivity contribution < 1.29 is 4.57 Å². The molecule has 1 aromatic heterocycles. The Bertz CT molecular complexity index is 194. The Hall–Kier alpha value is -0.920. The molecule has 1 rings (SSSR count). The Kier molecular flexibility index (Phi) is 3.02. The third-order valence-corrected chi connectivity index (χ3v) is 1.65. The maximum atomic E-state index is 3.95. The lowest BCUT2D eigenvalue weighted by molar-refractivity contribution is -0.698. The molecule has 1 aromatic rings. The van der Waals surface area contributed by atoms with Gasteiger partial charge in [-0.2, -0.15) is 0 Å². The van der Waals surface area contributed by atoms with Crippen molar-refractivity contribution in [2.45, 2.75) is 26.8 Å². The second-order valence-electron chi connectivity index (χ2n) is 3.17. The van der Waals surface area contributed by atoms with Crippen LogP contribution in [0.3, 0.4) is 0 Å². The van der Waals surface area contributed by atoms with Crippen LogP contribution in [-0.4, -0.2) is 4.98 Å². The molecule has 0 spiro atoms. The van der Waals surface area contributed by atoms with E-state index in [1.807, 2.05) is 24.8 Å². The summed E-state index contributed by atoms with van der Waals surface area (Å²) in [5.74, 6) is 0.774. The molecule has 1 heterocycles. The second-order valence-corrected chi connectivity index (χ2v) is 3.17. The van der Waals surface area contributed by atoms with Crippen LogP contribution in [0.4, 0.5) is 0 Å². The lowest BCUT2D eigenvalue weighted by Crippen LogP contribution is -2.33. The van der Waals surface area contributed by atoms with Gasteiger partial charge in [0.25, 0.3) is 0 Å². The first kappa shape index (κ1) is 8.18. The topological polar surface area (TPSA) is 16.8 Å².